The molecule has 2 nitrogen and oxygen atoms in total. The van der Waals surface area contributed by atoms with E-state index in [1.807, 2.05) is 12.1 Å². The zero-order valence-corrected chi connectivity index (χ0v) is 12.2. The average molecular weight is 259 g/mol. The van der Waals surface area contributed by atoms with Crippen LogP contribution in [0.2, 0.25) is 0 Å². The SMILES string of the molecule is C=CCN1CC[C@@](CCC)(c2cccc(OC)c2)C1. The molecule has 0 bridgehead atoms. The first-order valence-corrected chi connectivity index (χ1v) is 7.22. The van der Waals surface area contributed by atoms with Gasteiger partial charge < -0.3 is 4.74 Å². The summed E-state index contributed by atoms with van der Waals surface area (Å²) >= 11 is 0. The van der Waals surface area contributed by atoms with E-state index in [-0.39, 0.29) is 0 Å². The van der Waals surface area contributed by atoms with Crippen LogP contribution < -0.4 is 4.74 Å². The number of benzene rings is 1. The Hall–Kier alpha value is -1.28. The number of nitrogens with zero attached hydrogens (tertiary/aromatic N) is 1. The molecule has 2 heteroatoms. The molecule has 0 aromatic heterocycles. The van der Waals surface area contributed by atoms with E-state index in [1.165, 1.54) is 31.4 Å². The van der Waals surface area contributed by atoms with Crippen molar-refractivity contribution in [3.05, 3.63) is 42.5 Å². The predicted molar refractivity (Wildman–Crippen MR) is 80.8 cm³/mol. The topological polar surface area (TPSA) is 12.5 Å². The van der Waals surface area contributed by atoms with E-state index in [0.29, 0.717) is 5.41 Å². The Kier molecular flexibility index (Phi) is 4.65. The Bertz CT molecular complexity index is 429. The van der Waals surface area contributed by atoms with Crippen molar-refractivity contribution in [1.82, 2.24) is 4.90 Å². The number of hydrogen-bond acceptors (Lipinski definition) is 2. The molecule has 1 aromatic carbocycles. The van der Waals surface area contributed by atoms with E-state index >= 15 is 0 Å². The fourth-order valence-corrected chi connectivity index (χ4v) is 3.31. The van der Waals surface area contributed by atoms with Gasteiger partial charge in [-0.1, -0.05) is 31.6 Å². The first kappa shape index (κ1) is 14.1. The molecule has 104 valence electrons. The summed E-state index contributed by atoms with van der Waals surface area (Å²) in [5, 5.41) is 0. The molecule has 0 amide bonds. The fourth-order valence-electron chi connectivity index (χ4n) is 3.31. The van der Waals surface area contributed by atoms with Gasteiger partial charge in [-0.3, -0.25) is 4.90 Å². The van der Waals surface area contributed by atoms with Crippen LogP contribution in [0, 0.1) is 0 Å². The molecule has 0 aliphatic carbocycles. The second-order valence-corrected chi connectivity index (χ2v) is 5.54. The maximum atomic E-state index is 5.38. The highest BCUT2D eigenvalue weighted by molar-refractivity contribution is 5.35. The maximum Gasteiger partial charge on any atom is 0.119 e. The van der Waals surface area contributed by atoms with E-state index in [4.69, 9.17) is 4.74 Å². The second kappa shape index (κ2) is 6.25. The van der Waals surface area contributed by atoms with E-state index in [9.17, 15) is 0 Å². The van der Waals surface area contributed by atoms with Gasteiger partial charge in [-0.05, 0) is 37.1 Å². The minimum Gasteiger partial charge on any atom is -0.497 e. The molecule has 0 radical (unpaired) electrons. The van der Waals surface area contributed by atoms with Crippen molar-refractivity contribution >= 4 is 0 Å². The Balaban J connectivity index is 2.26. The van der Waals surface area contributed by atoms with Crippen molar-refractivity contribution in [2.24, 2.45) is 0 Å². The predicted octanol–water partition coefficient (Wildman–Crippen LogP) is 3.62. The normalized spacial score (nSPS) is 23.5. The van der Waals surface area contributed by atoms with Gasteiger partial charge in [-0.15, -0.1) is 6.58 Å². The lowest BCUT2D eigenvalue weighted by Crippen LogP contribution is -2.31. The van der Waals surface area contributed by atoms with Gasteiger partial charge in [0.15, 0.2) is 0 Å². The van der Waals surface area contributed by atoms with Gasteiger partial charge in [0.05, 0.1) is 7.11 Å². The van der Waals surface area contributed by atoms with Crippen LogP contribution in [0.4, 0.5) is 0 Å². The van der Waals surface area contributed by atoms with Crippen LogP contribution in [-0.4, -0.2) is 31.6 Å². The molecule has 1 saturated heterocycles. The molecule has 19 heavy (non-hydrogen) atoms. The molecule has 1 atom stereocenters. The monoisotopic (exact) mass is 259 g/mol. The van der Waals surface area contributed by atoms with Gasteiger partial charge in [0.25, 0.3) is 0 Å². The largest absolute Gasteiger partial charge is 0.497 e. The third kappa shape index (κ3) is 3.01. The molecule has 2 rings (SSSR count). The minimum atomic E-state index is 0.298. The summed E-state index contributed by atoms with van der Waals surface area (Å²) in [4.78, 5) is 2.50. The summed E-state index contributed by atoms with van der Waals surface area (Å²) in [5.41, 5.74) is 1.73. The zero-order valence-electron chi connectivity index (χ0n) is 12.2. The molecule has 1 fully saturated rings. The first-order chi connectivity index (χ1) is 9.24. The van der Waals surface area contributed by atoms with Crippen LogP contribution in [0.3, 0.4) is 0 Å². The first-order valence-electron chi connectivity index (χ1n) is 7.22. The van der Waals surface area contributed by atoms with E-state index in [1.54, 1.807) is 7.11 Å². The maximum absolute atomic E-state index is 5.38. The van der Waals surface area contributed by atoms with Crippen molar-refractivity contribution in [1.29, 1.82) is 0 Å². The molecular weight excluding hydrogens is 234 g/mol. The summed E-state index contributed by atoms with van der Waals surface area (Å²) in [6.07, 6.45) is 5.71. The molecular formula is C17H25NO. The van der Waals surface area contributed by atoms with Crippen LogP contribution in [0.15, 0.2) is 36.9 Å². The van der Waals surface area contributed by atoms with E-state index in [2.05, 4.69) is 36.6 Å². The zero-order chi connectivity index (χ0) is 13.7. The van der Waals surface area contributed by atoms with Crippen LogP contribution in [0.5, 0.6) is 5.75 Å². The number of methoxy groups -OCH3 is 1. The average Bonchev–Trinajstić information content (AvgIpc) is 2.84. The summed E-state index contributed by atoms with van der Waals surface area (Å²) in [7, 11) is 1.74. The molecule has 1 aromatic rings. The van der Waals surface area contributed by atoms with Crippen molar-refractivity contribution in [3.8, 4) is 5.75 Å². The number of likely N-dealkylation sites (tertiary alicyclic amines) is 1. The lowest BCUT2D eigenvalue weighted by atomic mass is 9.76. The molecule has 1 aliphatic heterocycles. The number of hydrogen-bond donors (Lipinski definition) is 0. The second-order valence-electron chi connectivity index (χ2n) is 5.54. The van der Waals surface area contributed by atoms with Crippen LogP contribution in [0.1, 0.15) is 31.7 Å². The molecule has 1 heterocycles. The highest BCUT2D eigenvalue weighted by Crippen LogP contribution is 2.39. The molecule has 0 saturated carbocycles. The van der Waals surface area contributed by atoms with Gasteiger partial charge in [0, 0.05) is 18.5 Å². The molecule has 0 N–H and O–H groups in total. The Morgan fingerprint density at radius 1 is 1.47 bits per heavy atom. The van der Waals surface area contributed by atoms with Crippen LogP contribution in [0.25, 0.3) is 0 Å². The third-order valence-corrected chi connectivity index (χ3v) is 4.23. The van der Waals surface area contributed by atoms with Gasteiger partial charge in [0.2, 0.25) is 0 Å². The standard InChI is InChI=1S/C17H25NO/c1-4-9-17(10-12-18(14-17)11-5-2)15-7-6-8-16(13-15)19-3/h5-8,13H,2,4,9-12,14H2,1,3H3/t17-/m1/s1. The number of ether oxygens (including phenoxy) is 1. The van der Waals surface area contributed by atoms with E-state index < -0.39 is 0 Å². The highest BCUT2D eigenvalue weighted by atomic mass is 16.5. The van der Waals surface area contributed by atoms with Crippen molar-refractivity contribution < 1.29 is 4.74 Å². The Labute approximate surface area is 117 Å². The van der Waals surface area contributed by atoms with Gasteiger partial charge >= 0.3 is 0 Å². The molecule has 0 spiro atoms. The molecule has 0 unspecified atom stereocenters. The van der Waals surface area contributed by atoms with Crippen molar-refractivity contribution in [3.63, 3.8) is 0 Å². The van der Waals surface area contributed by atoms with Gasteiger partial charge in [0.1, 0.15) is 5.75 Å². The summed E-state index contributed by atoms with van der Waals surface area (Å²) in [6, 6.07) is 8.62. The van der Waals surface area contributed by atoms with Crippen LogP contribution in [-0.2, 0) is 5.41 Å². The minimum absolute atomic E-state index is 0.298. The van der Waals surface area contributed by atoms with Crippen molar-refractivity contribution in [2.75, 3.05) is 26.7 Å². The van der Waals surface area contributed by atoms with Crippen molar-refractivity contribution in [2.45, 2.75) is 31.6 Å². The smallest absolute Gasteiger partial charge is 0.119 e. The van der Waals surface area contributed by atoms with E-state index in [0.717, 1.165) is 18.8 Å². The Morgan fingerprint density at radius 2 is 2.32 bits per heavy atom. The van der Waals surface area contributed by atoms with Gasteiger partial charge in [-0.25, -0.2) is 0 Å². The lowest BCUT2D eigenvalue weighted by molar-refractivity contribution is 0.326. The van der Waals surface area contributed by atoms with Crippen LogP contribution >= 0.6 is 0 Å². The molecule has 1 aliphatic rings. The summed E-state index contributed by atoms with van der Waals surface area (Å²) in [6.45, 7) is 9.44. The van der Waals surface area contributed by atoms with Gasteiger partial charge in [-0.2, -0.15) is 0 Å². The lowest BCUT2D eigenvalue weighted by Gasteiger charge is -2.30. The quantitative estimate of drug-likeness (QED) is 0.723. The third-order valence-electron chi connectivity index (χ3n) is 4.23. The fraction of sp³-hybridized carbons (Fsp3) is 0.529. The Morgan fingerprint density at radius 3 is 3.00 bits per heavy atom. The number of rotatable bonds is 6. The summed E-state index contributed by atoms with van der Waals surface area (Å²) < 4.78 is 5.38. The highest BCUT2D eigenvalue weighted by Gasteiger charge is 2.38. The summed E-state index contributed by atoms with van der Waals surface area (Å²) in [5.74, 6) is 0.968.